The highest BCUT2D eigenvalue weighted by Gasteiger charge is 2.32. The zero-order valence-corrected chi connectivity index (χ0v) is 16.3. The van der Waals surface area contributed by atoms with Gasteiger partial charge in [0, 0.05) is 32.6 Å². The number of nitrogens with zero attached hydrogens (tertiary/aromatic N) is 3. The van der Waals surface area contributed by atoms with Gasteiger partial charge in [-0.05, 0) is 26.2 Å². The van der Waals surface area contributed by atoms with E-state index in [0.717, 1.165) is 32.0 Å². The van der Waals surface area contributed by atoms with Crippen molar-refractivity contribution in [3.05, 3.63) is 11.6 Å². The van der Waals surface area contributed by atoms with E-state index in [-0.39, 0.29) is 24.5 Å². The molecule has 1 aromatic rings. The Kier molecular flexibility index (Phi) is 9.90. The molecule has 1 heterocycles. The van der Waals surface area contributed by atoms with Gasteiger partial charge in [-0.1, -0.05) is 0 Å². The zero-order chi connectivity index (χ0) is 20.4. The molecular weight excluding hydrogens is 354 g/mol. The van der Waals surface area contributed by atoms with Crippen LogP contribution in [-0.2, 0) is 32.0 Å². The molecule has 10 nitrogen and oxygen atoms in total. The SMILES string of the molecule is CC(=O)O.CCOCCn1nc(CC(N)=O)nc1[C@H]1CC[C@H](N)[C@@H](OC)C1. The number of hydrogen-bond acceptors (Lipinski definition) is 7. The van der Waals surface area contributed by atoms with E-state index in [0.29, 0.717) is 25.6 Å². The van der Waals surface area contributed by atoms with Crippen molar-refractivity contribution in [1.82, 2.24) is 14.8 Å². The first-order chi connectivity index (χ1) is 12.8. The highest BCUT2D eigenvalue weighted by molar-refractivity contribution is 5.75. The first-order valence-corrected chi connectivity index (χ1v) is 9.06. The molecule has 0 radical (unpaired) electrons. The van der Waals surface area contributed by atoms with Gasteiger partial charge in [-0.25, -0.2) is 9.67 Å². The first kappa shape index (κ1) is 23.0. The third-order valence-electron chi connectivity index (χ3n) is 4.24. The molecule has 1 saturated carbocycles. The Hall–Kier alpha value is -2.04. The van der Waals surface area contributed by atoms with E-state index in [4.69, 9.17) is 30.8 Å². The number of carbonyl (C=O) groups excluding carboxylic acids is 1. The molecule has 27 heavy (non-hydrogen) atoms. The van der Waals surface area contributed by atoms with Crippen LogP contribution < -0.4 is 11.5 Å². The second-order valence-corrected chi connectivity index (χ2v) is 6.42. The van der Waals surface area contributed by atoms with Crippen LogP contribution in [0.4, 0.5) is 0 Å². The first-order valence-electron chi connectivity index (χ1n) is 9.06. The van der Waals surface area contributed by atoms with Crippen molar-refractivity contribution in [3.8, 4) is 0 Å². The minimum atomic E-state index is -0.833. The van der Waals surface area contributed by atoms with Crippen LogP contribution in [0.3, 0.4) is 0 Å². The van der Waals surface area contributed by atoms with Crippen LogP contribution in [0.1, 0.15) is 50.7 Å². The maximum atomic E-state index is 11.1. The summed E-state index contributed by atoms with van der Waals surface area (Å²) in [4.78, 5) is 24.7. The number of ether oxygens (including phenoxy) is 2. The lowest BCUT2D eigenvalue weighted by atomic mass is 9.83. The van der Waals surface area contributed by atoms with Crippen LogP contribution in [-0.4, -0.2) is 64.2 Å². The molecule has 154 valence electrons. The molecule has 1 aliphatic carbocycles. The standard InChI is InChI=1S/C15H27N5O3.C2H4O2/c1-3-23-7-6-20-15(18-14(19-20)9-13(17)21)10-4-5-11(16)12(8-10)22-2;1-2(3)4/h10-12H,3-9,16H2,1-2H3,(H2,17,21);1H3,(H,3,4)/t10-,11-,12-;/m0./s1. The molecule has 1 aromatic heterocycles. The third kappa shape index (κ3) is 8.02. The molecule has 2 rings (SSSR count). The number of methoxy groups -OCH3 is 1. The summed E-state index contributed by atoms with van der Waals surface area (Å²) >= 11 is 0. The van der Waals surface area contributed by atoms with Gasteiger partial charge in [0.25, 0.3) is 5.97 Å². The van der Waals surface area contributed by atoms with E-state index in [1.807, 2.05) is 11.6 Å². The molecule has 10 heteroatoms. The molecule has 3 atom stereocenters. The van der Waals surface area contributed by atoms with Crippen molar-refractivity contribution in [1.29, 1.82) is 0 Å². The van der Waals surface area contributed by atoms with E-state index in [1.54, 1.807) is 7.11 Å². The van der Waals surface area contributed by atoms with Gasteiger partial charge in [0.1, 0.15) is 5.82 Å². The van der Waals surface area contributed by atoms with Crippen molar-refractivity contribution in [2.24, 2.45) is 11.5 Å². The molecule has 0 spiro atoms. The average Bonchev–Trinajstić information content (AvgIpc) is 2.97. The lowest BCUT2D eigenvalue weighted by molar-refractivity contribution is -0.134. The quantitative estimate of drug-likeness (QED) is 0.530. The minimum absolute atomic E-state index is 0.0189. The lowest BCUT2D eigenvalue weighted by Gasteiger charge is -2.32. The van der Waals surface area contributed by atoms with Gasteiger partial charge < -0.3 is 26.0 Å². The van der Waals surface area contributed by atoms with E-state index in [9.17, 15) is 4.79 Å². The van der Waals surface area contributed by atoms with Gasteiger partial charge in [-0.15, -0.1) is 0 Å². The normalized spacial score (nSPS) is 22.0. The van der Waals surface area contributed by atoms with Crippen LogP contribution in [0.2, 0.25) is 0 Å². The molecule has 0 saturated heterocycles. The molecule has 0 aliphatic heterocycles. The van der Waals surface area contributed by atoms with Crippen molar-refractivity contribution >= 4 is 11.9 Å². The number of carboxylic acid groups (broad SMARTS) is 1. The Morgan fingerprint density at radius 1 is 1.37 bits per heavy atom. The Morgan fingerprint density at radius 2 is 2.04 bits per heavy atom. The summed E-state index contributed by atoms with van der Waals surface area (Å²) in [7, 11) is 1.69. The summed E-state index contributed by atoms with van der Waals surface area (Å²) < 4.78 is 12.7. The number of rotatable bonds is 8. The predicted octanol–water partition coefficient (Wildman–Crippen LogP) is 0.0431. The maximum Gasteiger partial charge on any atom is 0.300 e. The fraction of sp³-hybridized carbons (Fsp3) is 0.765. The summed E-state index contributed by atoms with van der Waals surface area (Å²) in [6.45, 7) is 4.85. The van der Waals surface area contributed by atoms with Gasteiger partial charge in [0.15, 0.2) is 5.82 Å². The van der Waals surface area contributed by atoms with E-state index in [2.05, 4.69) is 10.1 Å². The van der Waals surface area contributed by atoms with E-state index >= 15 is 0 Å². The zero-order valence-electron chi connectivity index (χ0n) is 16.3. The van der Waals surface area contributed by atoms with Crippen molar-refractivity contribution in [2.45, 2.75) is 64.1 Å². The molecular formula is C17H31N5O5. The number of carbonyl (C=O) groups is 2. The van der Waals surface area contributed by atoms with Gasteiger partial charge in [0.05, 0.1) is 25.7 Å². The van der Waals surface area contributed by atoms with Gasteiger partial charge >= 0.3 is 0 Å². The fourth-order valence-electron chi connectivity index (χ4n) is 3.05. The highest BCUT2D eigenvalue weighted by atomic mass is 16.5. The number of hydrogen-bond donors (Lipinski definition) is 3. The highest BCUT2D eigenvalue weighted by Crippen LogP contribution is 2.32. The number of amides is 1. The summed E-state index contributed by atoms with van der Waals surface area (Å²) in [5, 5.41) is 11.8. The second-order valence-electron chi connectivity index (χ2n) is 6.42. The lowest BCUT2D eigenvalue weighted by Crippen LogP contribution is -2.41. The van der Waals surface area contributed by atoms with Crippen LogP contribution in [0.5, 0.6) is 0 Å². The number of primary amides is 1. The fourth-order valence-corrected chi connectivity index (χ4v) is 3.05. The molecule has 1 amide bonds. The van der Waals surface area contributed by atoms with Gasteiger partial charge in [-0.3, -0.25) is 9.59 Å². The van der Waals surface area contributed by atoms with E-state index < -0.39 is 11.9 Å². The molecule has 0 unspecified atom stereocenters. The molecule has 0 bridgehead atoms. The summed E-state index contributed by atoms with van der Waals surface area (Å²) in [5.41, 5.74) is 11.3. The van der Waals surface area contributed by atoms with Crippen LogP contribution >= 0.6 is 0 Å². The largest absolute Gasteiger partial charge is 0.481 e. The Bertz CT molecular complexity index is 603. The molecule has 1 aliphatic rings. The Balaban J connectivity index is 0.000000828. The van der Waals surface area contributed by atoms with Crippen molar-refractivity contribution in [2.75, 3.05) is 20.3 Å². The second kappa shape index (κ2) is 11.6. The summed E-state index contributed by atoms with van der Waals surface area (Å²) in [6, 6.07) is 0.0566. The molecule has 1 fully saturated rings. The molecule has 5 N–H and O–H groups in total. The number of nitrogens with two attached hydrogens (primary N) is 2. The monoisotopic (exact) mass is 385 g/mol. The smallest absolute Gasteiger partial charge is 0.300 e. The predicted molar refractivity (Wildman–Crippen MR) is 98.1 cm³/mol. The summed E-state index contributed by atoms with van der Waals surface area (Å²) in [6.07, 6.45) is 2.69. The minimum Gasteiger partial charge on any atom is -0.481 e. The van der Waals surface area contributed by atoms with Gasteiger partial charge in [-0.2, -0.15) is 5.10 Å². The average molecular weight is 385 g/mol. The third-order valence-corrected chi connectivity index (χ3v) is 4.24. The van der Waals surface area contributed by atoms with Gasteiger partial charge in [0.2, 0.25) is 5.91 Å². The maximum absolute atomic E-state index is 11.1. The molecule has 0 aromatic carbocycles. The number of aromatic nitrogens is 3. The van der Waals surface area contributed by atoms with Crippen molar-refractivity contribution in [3.63, 3.8) is 0 Å². The Labute approximate surface area is 159 Å². The van der Waals surface area contributed by atoms with Crippen LogP contribution in [0.15, 0.2) is 0 Å². The van der Waals surface area contributed by atoms with Crippen LogP contribution in [0.25, 0.3) is 0 Å². The Morgan fingerprint density at radius 3 is 2.59 bits per heavy atom. The van der Waals surface area contributed by atoms with E-state index in [1.165, 1.54) is 0 Å². The number of aliphatic carboxylic acids is 1. The summed E-state index contributed by atoms with van der Waals surface area (Å²) in [5.74, 6) is 0.289. The van der Waals surface area contributed by atoms with Crippen molar-refractivity contribution < 1.29 is 24.2 Å². The topological polar surface area (TPSA) is 156 Å². The number of carboxylic acids is 1. The van der Waals surface area contributed by atoms with Crippen LogP contribution in [0, 0.1) is 0 Å².